The molecular formula is C15H19BrN2O2. The molecule has 4 nitrogen and oxygen atoms in total. The van der Waals surface area contributed by atoms with Crippen molar-refractivity contribution < 1.29 is 9.59 Å². The fraction of sp³-hybridized carbons (Fsp3) is 0.467. The summed E-state index contributed by atoms with van der Waals surface area (Å²) in [6, 6.07) is 5.99. The van der Waals surface area contributed by atoms with Gasteiger partial charge in [0, 0.05) is 23.5 Å². The van der Waals surface area contributed by atoms with Gasteiger partial charge in [0.15, 0.2) is 0 Å². The highest BCUT2D eigenvalue weighted by Gasteiger charge is 2.22. The molecule has 0 unspecified atom stereocenters. The van der Waals surface area contributed by atoms with E-state index in [1.165, 1.54) is 0 Å². The van der Waals surface area contributed by atoms with Crippen molar-refractivity contribution >= 4 is 27.7 Å². The Bertz CT molecular complexity index is 513. The first-order valence-corrected chi connectivity index (χ1v) is 7.70. The summed E-state index contributed by atoms with van der Waals surface area (Å²) < 4.78 is 0.823. The van der Waals surface area contributed by atoms with Crippen molar-refractivity contribution in [3.05, 3.63) is 33.8 Å². The summed E-state index contributed by atoms with van der Waals surface area (Å²) in [6.45, 7) is 2.46. The Hall–Kier alpha value is -1.36. The van der Waals surface area contributed by atoms with Gasteiger partial charge in [-0.15, -0.1) is 0 Å². The van der Waals surface area contributed by atoms with Crippen molar-refractivity contribution in [1.82, 2.24) is 10.6 Å². The molecular weight excluding hydrogens is 320 g/mol. The van der Waals surface area contributed by atoms with Gasteiger partial charge in [-0.1, -0.05) is 12.1 Å². The van der Waals surface area contributed by atoms with Crippen LogP contribution in [0.5, 0.6) is 0 Å². The Morgan fingerprint density at radius 3 is 2.80 bits per heavy atom. The quantitative estimate of drug-likeness (QED) is 0.783. The maximum Gasteiger partial charge on any atom is 0.252 e. The van der Waals surface area contributed by atoms with Crippen LogP contribution < -0.4 is 10.6 Å². The molecule has 2 amide bonds. The van der Waals surface area contributed by atoms with E-state index in [0.717, 1.165) is 22.9 Å². The second-order valence-electron chi connectivity index (χ2n) is 5.14. The summed E-state index contributed by atoms with van der Waals surface area (Å²) >= 11 is 3.42. The van der Waals surface area contributed by atoms with Crippen LogP contribution in [0.15, 0.2) is 22.7 Å². The molecule has 1 aromatic carbocycles. The van der Waals surface area contributed by atoms with Crippen LogP contribution in [-0.4, -0.2) is 24.4 Å². The molecule has 0 aromatic heterocycles. The van der Waals surface area contributed by atoms with Gasteiger partial charge in [-0.05, 0) is 53.7 Å². The zero-order valence-corrected chi connectivity index (χ0v) is 13.1. The summed E-state index contributed by atoms with van der Waals surface area (Å²) in [5.41, 5.74) is 1.66. The van der Waals surface area contributed by atoms with E-state index in [0.29, 0.717) is 31.0 Å². The van der Waals surface area contributed by atoms with Gasteiger partial charge in [0.2, 0.25) is 5.91 Å². The molecule has 108 valence electrons. The summed E-state index contributed by atoms with van der Waals surface area (Å²) in [6.07, 6.45) is 3.33. The van der Waals surface area contributed by atoms with E-state index in [2.05, 4.69) is 26.6 Å². The van der Waals surface area contributed by atoms with E-state index in [1.807, 2.05) is 19.1 Å². The molecule has 1 aliphatic rings. The summed E-state index contributed by atoms with van der Waals surface area (Å²) in [5.74, 6) is -0.0262. The molecule has 0 radical (unpaired) electrons. The predicted octanol–water partition coefficient (Wildman–Crippen LogP) is 2.55. The lowest BCUT2D eigenvalue weighted by Gasteiger charge is -2.08. The van der Waals surface area contributed by atoms with Crippen molar-refractivity contribution in [3.63, 3.8) is 0 Å². The molecule has 0 heterocycles. The second kappa shape index (κ2) is 6.88. The average molecular weight is 339 g/mol. The largest absolute Gasteiger partial charge is 0.353 e. The number of nitrogens with one attached hydrogen (secondary N) is 2. The van der Waals surface area contributed by atoms with E-state index in [-0.39, 0.29) is 11.8 Å². The Labute approximate surface area is 127 Å². The molecule has 2 N–H and O–H groups in total. The molecule has 0 aliphatic heterocycles. The molecule has 0 bridgehead atoms. The van der Waals surface area contributed by atoms with Crippen molar-refractivity contribution in [2.45, 2.75) is 38.6 Å². The van der Waals surface area contributed by atoms with Crippen LogP contribution in [0.25, 0.3) is 0 Å². The predicted molar refractivity (Wildman–Crippen MR) is 81.6 cm³/mol. The van der Waals surface area contributed by atoms with Crippen LogP contribution in [0, 0.1) is 6.92 Å². The lowest BCUT2D eigenvalue weighted by molar-refractivity contribution is -0.121. The number of hydrogen-bond donors (Lipinski definition) is 2. The molecule has 0 saturated heterocycles. The highest BCUT2D eigenvalue weighted by Crippen LogP contribution is 2.21. The van der Waals surface area contributed by atoms with E-state index < -0.39 is 0 Å². The number of rotatable bonds is 6. The maximum absolute atomic E-state index is 12.0. The third-order valence-corrected chi connectivity index (χ3v) is 4.30. The number of aryl methyl sites for hydroxylation is 1. The summed E-state index contributed by atoms with van der Waals surface area (Å²) in [7, 11) is 0. The lowest BCUT2D eigenvalue weighted by Crippen LogP contribution is -2.28. The maximum atomic E-state index is 12.0. The van der Waals surface area contributed by atoms with Gasteiger partial charge >= 0.3 is 0 Å². The Morgan fingerprint density at radius 2 is 2.10 bits per heavy atom. The number of halogens is 1. The monoisotopic (exact) mass is 338 g/mol. The van der Waals surface area contributed by atoms with Crippen LogP contribution in [0.4, 0.5) is 0 Å². The average Bonchev–Trinajstić information content (AvgIpc) is 3.21. The highest BCUT2D eigenvalue weighted by molar-refractivity contribution is 9.10. The summed E-state index contributed by atoms with van der Waals surface area (Å²) in [4.78, 5) is 23.5. The Morgan fingerprint density at radius 1 is 1.35 bits per heavy atom. The molecule has 0 atom stereocenters. The minimum absolute atomic E-state index is 0.0819. The van der Waals surface area contributed by atoms with Gasteiger partial charge in [0.25, 0.3) is 5.91 Å². The van der Waals surface area contributed by atoms with Crippen LogP contribution in [-0.2, 0) is 4.79 Å². The highest BCUT2D eigenvalue weighted by atomic mass is 79.9. The lowest BCUT2D eigenvalue weighted by atomic mass is 10.1. The third kappa shape index (κ3) is 4.34. The first-order chi connectivity index (χ1) is 9.58. The fourth-order valence-electron chi connectivity index (χ4n) is 1.90. The van der Waals surface area contributed by atoms with Crippen molar-refractivity contribution in [2.75, 3.05) is 6.54 Å². The summed E-state index contributed by atoms with van der Waals surface area (Å²) in [5, 5.41) is 5.77. The zero-order chi connectivity index (χ0) is 14.5. The minimum Gasteiger partial charge on any atom is -0.353 e. The van der Waals surface area contributed by atoms with Crippen molar-refractivity contribution in [2.24, 2.45) is 0 Å². The molecule has 1 aromatic rings. The number of amides is 2. The van der Waals surface area contributed by atoms with Gasteiger partial charge in [-0.2, -0.15) is 0 Å². The van der Waals surface area contributed by atoms with Gasteiger partial charge in [0.05, 0.1) is 5.56 Å². The van der Waals surface area contributed by atoms with E-state index in [4.69, 9.17) is 0 Å². The van der Waals surface area contributed by atoms with Gasteiger partial charge in [0.1, 0.15) is 0 Å². The molecule has 20 heavy (non-hydrogen) atoms. The van der Waals surface area contributed by atoms with Gasteiger partial charge in [-0.25, -0.2) is 0 Å². The molecule has 1 aliphatic carbocycles. The standard InChI is InChI=1S/C15H19BrN2O2/c1-10-4-2-5-12(14(10)16)15(20)17-9-3-6-13(19)18-11-7-8-11/h2,4-5,11H,3,6-9H2,1H3,(H,17,20)(H,18,19). The first-order valence-electron chi connectivity index (χ1n) is 6.90. The van der Waals surface area contributed by atoms with Gasteiger partial charge < -0.3 is 10.6 Å². The van der Waals surface area contributed by atoms with Crippen LogP contribution in [0.2, 0.25) is 0 Å². The van der Waals surface area contributed by atoms with E-state index in [9.17, 15) is 9.59 Å². The fourth-order valence-corrected chi connectivity index (χ4v) is 2.34. The smallest absolute Gasteiger partial charge is 0.252 e. The van der Waals surface area contributed by atoms with Crippen molar-refractivity contribution in [3.8, 4) is 0 Å². The zero-order valence-electron chi connectivity index (χ0n) is 11.5. The topological polar surface area (TPSA) is 58.2 Å². The Kier molecular flexibility index (Phi) is 5.17. The molecule has 1 fully saturated rings. The molecule has 0 spiro atoms. The number of carbonyl (C=O) groups excluding carboxylic acids is 2. The van der Waals surface area contributed by atoms with E-state index >= 15 is 0 Å². The normalized spacial score (nSPS) is 13.9. The minimum atomic E-state index is -0.108. The van der Waals surface area contributed by atoms with Crippen LogP contribution >= 0.6 is 15.9 Å². The van der Waals surface area contributed by atoms with E-state index in [1.54, 1.807) is 6.07 Å². The number of hydrogen-bond acceptors (Lipinski definition) is 2. The molecule has 2 rings (SSSR count). The van der Waals surface area contributed by atoms with Crippen molar-refractivity contribution in [1.29, 1.82) is 0 Å². The SMILES string of the molecule is Cc1cccc(C(=O)NCCCC(=O)NC2CC2)c1Br. The third-order valence-electron chi connectivity index (χ3n) is 3.25. The van der Waals surface area contributed by atoms with Crippen LogP contribution in [0.3, 0.4) is 0 Å². The van der Waals surface area contributed by atoms with Crippen LogP contribution in [0.1, 0.15) is 41.6 Å². The number of carbonyl (C=O) groups is 2. The molecule has 5 heteroatoms. The van der Waals surface area contributed by atoms with Gasteiger partial charge in [-0.3, -0.25) is 9.59 Å². The Balaban J connectivity index is 1.71. The first kappa shape index (κ1) is 15.0. The molecule has 1 saturated carbocycles. The second-order valence-corrected chi connectivity index (χ2v) is 5.93. The number of benzene rings is 1.